The first-order chi connectivity index (χ1) is 10.2. The molecule has 8 heteroatoms. The van der Waals surface area contributed by atoms with Crippen LogP contribution >= 0.6 is 16.9 Å². The van der Waals surface area contributed by atoms with E-state index in [-0.39, 0.29) is 0 Å². The summed E-state index contributed by atoms with van der Waals surface area (Å²) >= 11 is 7.72. The van der Waals surface area contributed by atoms with Gasteiger partial charge in [-0.3, -0.25) is 0 Å². The van der Waals surface area contributed by atoms with Crippen molar-refractivity contribution in [1.29, 1.82) is 5.26 Å². The number of allylic oxidation sites excluding steroid dienone is 1. The molecule has 0 aromatic carbocycles. The summed E-state index contributed by atoms with van der Waals surface area (Å²) in [5.41, 5.74) is -0.131. The maximum Gasteiger partial charge on any atom is 0.200 e. The summed E-state index contributed by atoms with van der Waals surface area (Å²) in [6.45, 7) is 6.06. The van der Waals surface area contributed by atoms with E-state index in [9.17, 15) is 5.26 Å². The molecule has 21 heavy (non-hydrogen) atoms. The highest BCUT2D eigenvalue weighted by molar-refractivity contribution is 8.69. The standard InChI is InChI=1S/C13H19N4OPS2/c1-2-21-19(20)15-13(16-6-8-18-9-7-16)11(10-14)12-4-3-5-17(12)19/h2-9H2,1H3/t19-/m1/s1. The van der Waals surface area contributed by atoms with Gasteiger partial charge in [0, 0.05) is 25.3 Å². The minimum atomic E-state index is -2.01. The van der Waals surface area contributed by atoms with Crippen molar-refractivity contribution in [2.24, 2.45) is 4.76 Å². The number of ether oxygens (including phenoxy) is 1. The van der Waals surface area contributed by atoms with E-state index in [1.54, 1.807) is 11.4 Å². The zero-order valence-corrected chi connectivity index (χ0v) is 14.6. The van der Waals surface area contributed by atoms with Crippen molar-refractivity contribution in [3.8, 4) is 6.07 Å². The first kappa shape index (κ1) is 15.4. The summed E-state index contributed by atoms with van der Waals surface area (Å²) < 4.78 is 12.6. The minimum absolute atomic E-state index is 0.695. The first-order valence-corrected chi connectivity index (χ1v) is 11.6. The van der Waals surface area contributed by atoms with Crippen LogP contribution in [0.5, 0.6) is 0 Å². The second-order valence-corrected chi connectivity index (χ2v) is 12.1. The van der Waals surface area contributed by atoms with E-state index in [1.165, 1.54) is 0 Å². The van der Waals surface area contributed by atoms with Crippen LogP contribution in [-0.2, 0) is 16.5 Å². The summed E-state index contributed by atoms with van der Waals surface area (Å²) in [6.07, 6.45) is 2.03. The number of rotatable bonds is 2. The highest BCUT2D eigenvalue weighted by atomic mass is 32.9. The summed E-state index contributed by atoms with van der Waals surface area (Å²) in [5.74, 6) is 1.79. The first-order valence-electron chi connectivity index (χ1n) is 7.28. The Morgan fingerprint density at radius 3 is 2.86 bits per heavy atom. The lowest BCUT2D eigenvalue weighted by Gasteiger charge is -2.38. The second kappa shape index (κ2) is 6.29. The Labute approximate surface area is 134 Å². The molecule has 2 fully saturated rings. The normalized spacial score (nSPS) is 29.2. The fourth-order valence-corrected chi connectivity index (χ4v) is 9.02. The SMILES string of the molecule is CCS[P@]1(=S)N=C(N2CCOCC2)C(C#N)=C2CCCN21. The van der Waals surface area contributed by atoms with Crippen molar-refractivity contribution in [1.82, 2.24) is 9.57 Å². The number of fused-ring (bicyclic) bond motifs is 1. The molecule has 2 saturated heterocycles. The summed E-state index contributed by atoms with van der Waals surface area (Å²) in [7, 11) is 0. The molecule has 0 unspecified atom stereocenters. The Hall–Kier alpha value is -0.540. The van der Waals surface area contributed by atoms with Gasteiger partial charge in [-0.1, -0.05) is 18.3 Å². The van der Waals surface area contributed by atoms with Crippen LogP contribution in [-0.4, -0.2) is 54.0 Å². The molecule has 0 radical (unpaired) electrons. The molecule has 0 saturated carbocycles. The Bertz CT molecular complexity index is 577. The van der Waals surface area contributed by atoms with Gasteiger partial charge in [-0.05, 0) is 30.4 Å². The lowest BCUT2D eigenvalue weighted by atomic mass is 10.1. The van der Waals surface area contributed by atoms with Gasteiger partial charge in [0.25, 0.3) is 0 Å². The van der Waals surface area contributed by atoms with Crippen molar-refractivity contribution in [3.63, 3.8) is 0 Å². The van der Waals surface area contributed by atoms with Crippen molar-refractivity contribution in [2.45, 2.75) is 19.8 Å². The van der Waals surface area contributed by atoms with Gasteiger partial charge in [-0.15, -0.1) is 0 Å². The summed E-state index contributed by atoms with van der Waals surface area (Å²) in [5, 5.41) is 9.64. The van der Waals surface area contributed by atoms with E-state index in [1.807, 2.05) is 0 Å². The molecule has 0 aromatic rings. The van der Waals surface area contributed by atoms with Gasteiger partial charge in [0.05, 0.1) is 13.2 Å². The summed E-state index contributed by atoms with van der Waals surface area (Å²) in [6, 6.07) is 2.39. The minimum Gasteiger partial charge on any atom is -0.378 e. The van der Waals surface area contributed by atoms with Gasteiger partial charge >= 0.3 is 0 Å². The Morgan fingerprint density at radius 2 is 2.19 bits per heavy atom. The molecule has 3 aliphatic rings. The lowest BCUT2D eigenvalue weighted by molar-refractivity contribution is 0.0683. The van der Waals surface area contributed by atoms with Crippen LogP contribution < -0.4 is 0 Å². The smallest absolute Gasteiger partial charge is 0.200 e. The van der Waals surface area contributed by atoms with Gasteiger partial charge in [-0.25, -0.2) is 4.76 Å². The maximum atomic E-state index is 9.64. The third-order valence-electron chi connectivity index (χ3n) is 3.85. The molecular formula is C13H19N4OPS2. The third kappa shape index (κ3) is 2.75. The Morgan fingerprint density at radius 1 is 1.43 bits per heavy atom. The molecule has 0 spiro atoms. The van der Waals surface area contributed by atoms with Crippen LogP contribution in [0.15, 0.2) is 16.0 Å². The highest BCUT2D eigenvalue weighted by Crippen LogP contribution is 2.68. The van der Waals surface area contributed by atoms with Crippen LogP contribution in [0.2, 0.25) is 0 Å². The van der Waals surface area contributed by atoms with Crippen LogP contribution in [0, 0.1) is 11.3 Å². The molecule has 0 bridgehead atoms. The van der Waals surface area contributed by atoms with E-state index in [0.29, 0.717) is 13.2 Å². The van der Waals surface area contributed by atoms with Gasteiger partial charge in [0.1, 0.15) is 11.6 Å². The molecular weight excluding hydrogens is 323 g/mol. The molecule has 3 rings (SSSR count). The van der Waals surface area contributed by atoms with Crippen LogP contribution in [0.4, 0.5) is 0 Å². The van der Waals surface area contributed by atoms with Crippen LogP contribution in [0.1, 0.15) is 19.8 Å². The average Bonchev–Trinajstić information content (AvgIpc) is 2.99. The van der Waals surface area contributed by atoms with Crippen molar-refractivity contribution in [2.75, 3.05) is 38.6 Å². The fourth-order valence-electron chi connectivity index (χ4n) is 2.92. The van der Waals surface area contributed by atoms with Crippen molar-refractivity contribution >= 4 is 34.6 Å². The van der Waals surface area contributed by atoms with Gasteiger partial charge < -0.3 is 14.3 Å². The molecule has 114 valence electrons. The average molecular weight is 342 g/mol. The topological polar surface area (TPSA) is 51.9 Å². The molecule has 0 aliphatic carbocycles. The molecule has 1 atom stereocenters. The molecule has 5 nitrogen and oxygen atoms in total. The number of amidine groups is 1. The van der Waals surface area contributed by atoms with Gasteiger partial charge in [0.2, 0.25) is 0 Å². The molecule has 3 aliphatic heterocycles. The Kier molecular flexibility index (Phi) is 4.60. The summed E-state index contributed by atoms with van der Waals surface area (Å²) in [4.78, 5) is 2.18. The molecule has 0 amide bonds. The third-order valence-corrected chi connectivity index (χ3v) is 10.3. The largest absolute Gasteiger partial charge is 0.378 e. The van der Waals surface area contributed by atoms with Gasteiger partial charge in [-0.2, -0.15) is 5.26 Å². The van der Waals surface area contributed by atoms with Crippen LogP contribution in [0.3, 0.4) is 0 Å². The number of hydrogen-bond donors (Lipinski definition) is 0. The molecule has 3 heterocycles. The predicted molar refractivity (Wildman–Crippen MR) is 90.8 cm³/mol. The monoisotopic (exact) mass is 342 g/mol. The van der Waals surface area contributed by atoms with E-state index in [0.717, 1.165) is 55.3 Å². The van der Waals surface area contributed by atoms with E-state index < -0.39 is 5.54 Å². The highest BCUT2D eigenvalue weighted by Gasteiger charge is 2.39. The molecule has 0 aromatic heterocycles. The maximum absolute atomic E-state index is 9.64. The zero-order valence-electron chi connectivity index (χ0n) is 12.1. The van der Waals surface area contributed by atoms with Crippen LogP contribution in [0.25, 0.3) is 0 Å². The number of nitrogens with zero attached hydrogens (tertiary/aromatic N) is 4. The fraction of sp³-hybridized carbons (Fsp3) is 0.692. The van der Waals surface area contributed by atoms with E-state index >= 15 is 0 Å². The van der Waals surface area contributed by atoms with Gasteiger partial charge in [0.15, 0.2) is 11.4 Å². The number of hydrogen-bond acceptors (Lipinski definition) is 5. The van der Waals surface area contributed by atoms with E-state index in [4.69, 9.17) is 21.3 Å². The van der Waals surface area contributed by atoms with Crippen molar-refractivity contribution in [3.05, 3.63) is 11.3 Å². The number of nitriles is 1. The van der Waals surface area contributed by atoms with E-state index in [2.05, 4.69) is 22.6 Å². The predicted octanol–water partition coefficient (Wildman–Crippen LogP) is 2.58. The Balaban J connectivity index is 2.04. The van der Waals surface area contributed by atoms with Crippen molar-refractivity contribution < 1.29 is 4.74 Å². The molecule has 0 N–H and O–H groups in total. The zero-order chi connectivity index (χ0) is 14.9. The lowest BCUT2D eigenvalue weighted by Crippen LogP contribution is -2.43. The quantitative estimate of drug-likeness (QED) is 0.719. The number of morpholine rings is 1. The second-order valence-electron chi connectivity index (χ2n) is 5.09.